The van der Waals surface area contributed by atoms with Crippen molar-refractivity contribution in [3.8, 4) is 0 Å². The van der Waals surface area contributed by atoms with Crippen LogP contribution in [0.3, 0.4) is 0 Å². The highest BCUT2D eigenvalue weighted by Crippen LogP contribution is 2.28. The van der Waals surface area contributed by atoms with Crippen molar-refractivity contribution in [2.75, 3.05) is 5.32 Å². The molecule has 3 aromatic carbocycles. The molecule has 0 unspecified atom stereocenters. The highest BCUT2D eigenvalue weighted by Gasteiger charge is 2.16. The Morgan fingerprint density at radius 2 is 1.62 bits per heavy atom. The molecule has 0 fully saturated rings. The molecular weight excluding hydrogens is 372 g/mol. The number of carbonyl (C=O) groups is 1. The molecule has 0 heterocycles. The quantitative estimate of drug-likeness (QED) is 0.455. The molecule has 0 aliphatic heterocycles. The van der Waals surface area contributed by atoms with Gasteiger partial charge < -0.3 is 5.32 Å². The molecule has 130 valence electrons. The molecule has 0 aromatic heterocycles. The van der Waals surface area contributed by atoms with Gasteiger partial charge in [0.2, 0.25) is 0 Å². The molecule has 3 rings (SSSR count). The number of carbonyl (C=O) groups excluding carboxylic acids is 1. The Kier molecular flexibility index (Phi) is 5.55. The maximum absolute atomic E-state index is 12.4. The third-order valence-electron chi connectivity index (χ3n) is 3.50. The van der Waals surface area contributed by atoms with E-state index in [1.807, 2.05) is 42.5 Å². The third-order valence-corrected chi connectivity index (χ3v) is 4.84. The Hall–Kier alpha value is -2.83. The molecule has 7 heteroatoms. The molecule has 0 saturated carbocycles. The molecule has 5 nitrogen and oxygen atoms in total. The molecule has 0 radical (unpaired) electrons. The Bertz CT molecular complexity index is 947. The van der Waals surface area contributed by atoms with Gasteiger partial charge in [-0.05, 0) is 42.5 Å². The number of hydrogen-bond donors (Lipinski definition) is 1. The first-order valence-electron chi connectivity index (χ1n) is 7.61. The Labute approximate surface area is 159 Å². The number of nitro benzene ring substituents is 1. The summed E-state index contributed by atoms with van der Waals surface area (Å²) in [6.45, 7) is 0. The maximum Gasteiger partial charge on any atom is 0.270 e. The lowest BCUT2D eigenvalue weighted by molar-refractivity contribution is -0.384. The normalized spacial score (nSPS) is 10.3. The minimum Gasteiger partial charge on any atom is -0.322 e. The zero-order chi connectivity index (χ0) is 18.5. The summed E-state index contributed by atoms with van der Waals surface area (Å²) in [7, 11) is 0. The summed E-state index contributed by atoms with van der Waals surface area (Å²) in [5, 5.41) is 13.7. The van der Waals surface area contributed by atoms with Crippen LogP contribution in [-0.4, -0.2) is 10.8 Å². The molecule has 0 aliphatic carbocycles. The van der Waals surface area contributed by atoms with E-state index in [9.17, 15) is 14.9 Å². The maximum atomic E-state index is 12.4. The van der Waals surface area contributed by atoms with Crippen LogP contribution in [0.2, 0.25) is 5.02 Å². The van der Waals surface area contributed by atoms with Gasteiger partial charge in [-0.15, -0.1) is 0 Å². The Morgan fingerprint density at radius 1 is 0.962 bits per heavy atom. The van der Waals surface area contributed by atoms with Crippen molar-refractivity contribution in [2.45, 2.75) is 9.79 Å². The number of halogens is 1. The molecule has 0 saturated heterocycles. The lowest BCUT2D eigenvalue weighted by Crippen LogP contribution is -2.12. The van der Waals surface area contributed by atoms with Crippen LogP contribution in [0.4, 0.5) is 11.4 Å². The van der Waals surface area contributed by atoms with E-state index < -0.39 is 10.8 Å². The first-order valence-corrected chi connectivity index (χ1v) is 8.80. The van der Waals surface area contributed by atoms with E-state index in [2.05, 4.69) is 5.32 Å². The fourth-order valence-corrected chi connectivity index (χ4v) is 3.27. The number of anilines is 1. The summed E-state index contributed by atoms with van der Waals surface area (Å²) in [4.78, 5) is 24.8. The lowest BCUT2D eigenvalue weighted by atomic mass is 10.2. The number of amides is 1. The van der Waals surface area contributed by atoms with Gasteiger partial charge in [-0.3, -0.25) is 14.9 Å². The van der Waals surface area contributed by atoms with E-state index in [1.165, 1.54) is 12.1 Å². The number of nitrogens with zero attached hydrogens (tertiary/aromatic N) is 1. The molecule has 0 aliphatic rings. The van der Waals surface area contributed by atoms with Gasteiger partial charge in [-0.25, -0.2) is 0 Å². The third kappa shape index (κ3) is 4.41. The van der Waals surface area contributed by atoms with Crippen LogP contribution in [0.15, 0.2) is 82.6 Å². The summed E-state index contributed by atoms with van der Waals surface area (Å²) >= 11 is 7.60. The number of non-ortho nitro benzene ring substituents is 1. The largest absolute Gasteiger partial charge is 0.322 e. The second kappa shape index (κ2) is 8.03. The smallest absolute Gasteiger partial charge is 0.270 e. The summed E-state index contributed by atoms with van der Waals surface area (Å²) in [5.41, 5.74) is 0.452. The van der Waals surface area contributed by atoms with Crippen LogP contribution < -0.4 is 5.32 Å². The second-order valence-electron chi connectivity index (χ2n) is 5.31. The number of benzene rings is 3. The van der Waals surface area contributed by atoms with Crippen molar-refractivity contribution in [3.63, 3.8) is 0 Å². The van der Waals surface area contributed by atoms with Crippen molar-refractivity contribution in [2.24, 2.45) is 0 Å². The average Bonchev–Trinajstić information content (AvgIpc) is 2.64. The molecule has 0 bridgehead atoms. The van der Waals surface area contributed by atoms with Crippen LogP contribution in [0.25, 0.3) is 0 Å². The molecule has 0 spiro atoms. The van der Waals surface area contributed by atoms with Crippen LogP contribution in [-0.2, 0) is 0 Å². The van der Waals surface area contributed by atoms with Gasteiger partial charge >= 0.3 is 0 Å². The van der Waals surface area contributed by atoms with Gasteiger partial charge in [-0.2, -0.15) is 0 Å². The van der Waals surface area contributed by atoms with Crippen molar-refractivity contribution in [1.29, 1.82) is 0 Å². The average molecular weight is 385 g/mol. The van der Waals surface area contributed by atoms with Crippen LogP contribution in [0.5, 0.6) is 0 Å². The van der Waals surface area contributed by atoms with Gasteiger partial charge in [0.05, 0.1) is 15.5 Å². The predicted octanol–water partition coefficient (Wildman–Crippen LogP) is 5.65. The molecule has 3 aromatic rings. The Balaban J connectivity index is 1.72. The fraction of sp³-hybridized carbons (Fsp3) is 0. The van der Waals surface area contributed by atoms with Gasteiger partial charge in [0.1, 0.15) is 0 Å². The number of nitro groups is 1. The monoisotopic (exact) mass is 384 g/mol. The summed E-state index contributed by atoms with van der Waals surface area (Å²) < 4.78 is 0. The first-order chi connectivity index (χ1) is 12.5. The van der Waals surface area contributed by atoms with Crippen molar-refractivity contribution in [1.82, 2.24) is 0 Å². The highest BCUT2D eigenvalue weighted by molar-refractivity contribution is 7.99. The molecule has 26 heavy (non-hydrogen) atoms. The summed E-state index contributed by atoms with van der Waals surface area (Å²) in [6.07, 6.45) is 0. The van der Waals surface area contributed by atoms with Gasteiger partial charge in [0, 0.05) is 27.6 Å². The molecule has 1 N–H and O–H groups in total. The van der Waals surface area contributed by atoms with E-state index in [1.54, 1.807) is 23.9 Å². The van der Waals surface area contributed by atoms with Crippen molar-refractivity contribution < 1.29 is 9.72 Å². The topological polar surface area (TPSA) is 72.2 Å². The standard InChI is InChI=1S/C19H13ClN2O3S/c20-18-11-8-14(22(24)25)12-17(18)19(23)21-13-6-9-16(10-7-13)26-15-4-2-1-3-5-15/h1-12H,(H,21,23). The number of rotatable bonds is 5. The molecular formula is C19H13ClN2O3S. The van der Waals surface area contributed by atoms with Crippen LogP contribution in [0.1, 0.15) is 10.4 Å². The number of nitrogens with one attached hydrogen (secondary N) is 1. The van der Waals surface area contributed by atoms with Gasteiger partial charge in [0.25, 0.3) is 11.6 Å². The fourth-order valence-electron chi connectivity index (χ4n) is 2.23. The van der Waals surface area contributed by atoms with E-state index in [-0.39, 0.29) is 16.3 Å². The SMILES string of the molecule is O=C(Nc1ccc(Sc2ccccc2)cc1)c1cc([N+](=O)[O-])ccc1Cl. The highest BCUT2D eigenvalue weighted by atomic mass is 35.5. The minimum atomic E-state index is -0.567. The summed E-state index contributed by atoms with van der Waals surface area (Å²) in [6, 6.07) is 21.0. The van der Waals surface area contributed by atoms with Gasteiger partial charge in [0.15, 0.2) is 0 Å². The molecule has 0 atom stereocenters. The van der Waals surface area contributed by atoms with Crippen LogP contribution >= 0.6 is 23.4 Å². The van der Waals surface area contributed by atoms with E-state index in [0.717, 1.165) is 15.9 Å². The van der Waals surface area contributed by atoms with Crippen molar-refractivity contribution in [3.05, 3.63) is 93.5 Å². The minimum absolute atomic E-state index is 0.0589. The molecule has 1 amide bonds. The summed E-state index contributed by atoms with van der Waals surface area (Å²) in [5.74, 6) is -0.498. The van der Waals surface area contributed by atoms with E-state index in [4.69, 9.17) is 11.6 Å². The lowest BCUT2D eigenvalue weighted by Gasteiger charge is -2.08. The van der Waals surface area contributed by atoms with Crippen LogP contribution in [0, 0.1) is 10.1 Å². The zero-order valence-electron chi connectivity index (χ0n) is 13.4. The van der Waals surface area contributed by atoms with Gasteiger partial charge in [-0.1, -0.05) is 41.6 Å². The Morgan fingerprint density at radius 3 is 2.27 bits per heavy atom. The second-order valence-corrected chi connectivity index (χ2v) is 6.87. The first kappa shape index (κ1) is 18.0. The number of hydrogen-bond acceptors (Lipinski definition) is 4. The predicted molar refractivity (Wildman–Crippen MR) is 103 cm³/mol. The van der Waals surface area contributed by atoms with Crippen molar-refractivity contribution >= 4 is 40.6 Å². The zero-order valence-corrected chi connectivity index (χ0v) is 15.0. The van der Waals surface area contributed by atoms with E-state index in [0.29, 0.717) is 5.69 Å². The van der Waals surface area contributed by atoms with E-state index >= 15 is 0 Å².